The summed E-state index contributed by atoms with van der Waals surface area (Å²) in [4.78, 5) is 11.0. The summed E-state index contributed by atoms with van der Waals surface area (Å²) in [6.45, 7) is 4.48. The molecule has 0 spiro atoms. The molecule has 0 aliphatic rings. The van der Waals surface area contributed by atoms with Crippen molar-refractivity contribution in [1.29, 1.82) is 0 Å². The molecule has 0 radical (unpaired) electrons. The number of carbonyl (C=O) groups is 1. The van der Waals surface area contributed by atoms with Crippen molar-refractivity contribution in [2.45, 2.75) is 90.9 Å². The van der Waals surface area contributed by atoms with Crippen molar-refractivity contribution in [2.75, 3.05) is 17.3 Å². The lowest BCUT2D eigenvalue weighted by Gasteiger charge is -2.07. The van der Waals surface area contributed by atoms with Gasteiger partial charge in [-0.15, -0.1) is 0 Å². The average Bonchev–Trinajstić information content (AvgIpc) is 2.45. The highest BCUT2D eigenvalue weighted by Gasteiger charge is 2.21. The molecule has 0 aromatic rings. The van der Waals surface area contributed by atoms with E-state index < -0.39 is 5.97 Å². The van der Waals surface area contributed by atoms with E-state index in [0.29, 0.717) is 5.75 Å². The summed E-state index contributed by atoms with van der Waals surface area (Å²) < 4.78 is 0. The zero-order valence-electron chi connectivity index (χ0n) is 14.4. The van der Waals surface area contributed by atoms with E-state index >= 15 is 0 Å². The Balaban J connectivity index is 3.64. The summed E-state index contributed by atoms with van der Waals surface area (Å²) in [5.41, 5.74) is 0. The van der Waals surface area contributed by atoms with Crippen molar-refractivity contribution in [3.63, 3.8) is 0 Å². The van der Waals surface area contributed by atoms with Gasteiger partial charge in [-0.3, -0.25) is 0 Å². The van der Waals surface area contributed by atoms with E-state index in [1.165, 1.54) is 77.0 Å². The van der Waals surface area contributed by atoms with E-state index in [1.807, 2.05) is 0 Å². The number of hydrogen-bond acceptors (Lipinski definition) is 1. The molecule has 0 unspecified atom stereocenters. The van der Waals surface area contributed by atoms with Gasteiger partial charge in [0.05, 0.1) is 0 Å². The van der Waals surface area contributed by atoms with Crippen molar-refractivity contribution >= 4 is 16.9 Å². The summed E-state index contributed by atoms with van der Waals surface area (Å²) >= 11 is 0. The molecular formula is C18H37O2S+. The molecule has 0 amide bonds. The minimum Gasteiger partial charge on any atom is -0.478 e. The Kier molecular flexibility index (Phi) is 16.1. The summed E-state index contributed by atoms with van der Waals surface area (Å²) in [6, 6.07) is 0. The van der Waals surface area contributed by atoms with Crippen LogP contribution in [0.2, 0.25) is 0 Å². The van der Waals surface area contributed by atoms with Gasteiger partial charge in [0, 0.05) is 0 Å². The molecule has 126 valence electrons. The first-order valence-corrected chi connectivity index (χ1v) is 10.8. The van der Waals surface area contributed by atoms with Crippen LogP contribution in [0.25, 0.3) is 0 Å². The molecule has 21 heavy (non-hydrogen) atoms. The predicted octanol–water partition coefficient (Wildman–Crippen LogP) is 5.41. The quantitative estimate of drug-likeness (QED) is 0.305. The highest BCUT2D eigenvalue weighted by atomic mass is 32.2. The third-order valence-electron chi connectivity index (χ3n) is 3.90. The van der Waals surface area contributed by atoms with Crippen LogP contribution in [0.15, 0.2) is 0 Å². The summed E-state index contributed by atoms with van der Waals surface area (Å²) in [7, 11) is 0.131. The summed E-state index contributed by atoms with van der Waals surface area (Å²) in [6.07, 6.45) is 15.7. The predicted molar refractivity (Wildman–Crippen MR) is 96.4 cm³/mol. The first-order chi connectivity index (χ1) is 10.2. The van der Waals surface area contributed by atoms with Crippen LogP contribution in [0.4, 0.5) is 0 Å². The van der Waals surface area contributed by atoms with Crippen LogP contribution < -0.4 is 0 Å². The van der Waals surface area contributed by atoms with E-state index in [0.717, 1.165) is 11.5 Å². The lowest BCUT2D eigenvalue weighted by molar-refractivity contribution is -0.133. The largest absolute Gasteiger partial charge is 0.478 e. The molecule has 3 heteroatoms. The van der Waals surface area contributed by atoms with Crippen LogP contribution in [-0.4, -0.2) is 28.3 Å². The smallest absolute Gasteiger partial charge is 0.353 e. The number of rotatable bonds is 16. The Labute approximate surface area is 135 Å². The van der Waals surface area contributed by atoms with E-state index in [4.69, 9.17) is 5.11 Å². The number of unbranched alkanes of at least 4 members (excludes halogenated alkanes) is 10. The van der Waals surface area contributed by atoms with Gasteiger partial charge in [0.25, 0.3) is 0 Å². The van der Waals surface area contributed by atoms with Gasteiger partial charge in [-0.1, -0.05) is 65.2 Å². The molecule has 0 saturated heterocycles. The van der Waals surface area contributed by atoms with Gasteiger partial charge in [-0.2, -0.15) is 0 Å². The highest BCUT2D eigenvalue weighted by molar-refractivity contribution is 7.97. The zero-order valence-corrected chi connectivity index (χ0v) is 15.2. The molecular weight excluding hydrogens is 280 g/mol. The molecule has 0 bridgehead atoms. The molecule has 0 heterocycles. The summed E-state index contributed by atoms with van der Waals surface area (Å²) in [5, 5.41) is 9.04. The topological polar surface area (TPSA) is 37.3 Å². The van der Waals surface area contributed by atoms with Crippen LogP contribution in [0, 0.1) is 0 Å². The van der Waals surface area contributed by atoms with Crippen molar-refractivity contribution in [3.05, 3.63) is 0 Å². The molecule has 0 aromatic heterocycles. The molecule has 2 nitrogen and oxygen atoms in total. The van der Waals surface area contributed by atoms with Crippen molar-refractivity contribution in [3.8, 4) is 0 Å². The Hall–Kier alpha value is -0.180. The molecule has 0 atom stereocenters. The molecule has 0 fully saturated rings. The van der Waals surface area contributed by atoms with Crippen LogP contribution >= 0.6 is 0 Å². The van der Waals surface area contributed by atoms with E-state index in [1.54, 1.807) is 0 Å². The van der Waals surface area contributed by atoms with Crippen molar-refractivity contribution in [1.82, 2.24) is 0 Å². The molecule has 0 aliphatic carbocycles. The molecule has 0 aromatic carbocycles. The van der Waals surface area contributed by atoms with E-state index in [-0.39, 0.29) is 10.9 Å². The lowest BCUT2D eigenvalue weighted by Crippen LogP contribution is -2.22. The van der Waals surface area contributed by atoms with E-state index in [2.05, 4.69) is 13.8 Å². The normalized spacial score (nSPS) is 11.2. The third-order valence-corrected chi connectivity index (χ3v) is 6.29. The molecule has 0 aliphatic heterocycles. The van der Waals surface area contributed by atoms with Crippen LogP contribution in [-0.2, 0) is 15.7 Å². The number of carboxylic acids is 1. The fraction of sp³-hybridized carbons (Fsp3) is 0.944. The highest BCUT2D eigenvalue weighted by Crippen LogP contribution is 2.12. The minimum atomic E-state index is -0.602. The van der Waals surface area contributed by atoms with Gasteiger partial charge in [-0.05, 0) is 36.6 Å². The van der Waals surface area contributed by atoms with Crippen LogP contribution in [0.5, 0.6) is 0 Å². The molecule has 0 saturated carbocycles. The number of aliphatic carboxylic acids is 1. The van der Waals surface area contributed by atoms with Gasteiger partial charge in [-0.25, -0.2) is 4.79 Å². The second kappa shape index (κ2) is 16.2. The maximum Gasteiger partial charge on any atom is 0.353 e. The SMILES string of the molecule is CCCCCCCC[S+](CCCCCCCC)CC(=O)O. The van der Waals surface area contributed by atoms with Gasteiger partial charge < -0.3 is 5.11 Å². The Morgan fingerprint density at radius 3 is 1.48 bits per heavy atom. The van der Waals surface area contributed by atoms with Crippen molar-refractivity contribution in [2.24, 2.45) is 0 Å². The monoisotopic (exact) mass is 317 g/mol. The number of hydrogen-bond donors (Lipinski definition) is 1. The second-order valence-electron chi connectivity index (χ2n) is 6.09. The Morgan fingerprint density at radius 1 is 0.714 bits per heavy atom. The zero-order chi connectivity index (χ0) is 15.8. The summed E-state index contributed by atoms with van der Waals surface area (Å²) in [5.74, 6) is 2.10. The minimum absolute atomic E-state index is 0.131. The Morgan fingerprint density at radius 2 is 1.10 bits per heavy atom. The standard InChI is InChI=1S/C18H36O2S/c1-3-5-7-9-11-13-15-21(17-18(19)20)16-14-12-10-8-6-4-2/h3-17H2,1-2H3/p+1. The van der Waals surface area contributed by atoms with E-state index in [9.17, 15) is 4.79 Å². The van der Waals surface area contributed by atoms with Gasteiger partial charge in [0.2, 0.25) is 5.75 Å². The van der Waals surface area contributed by atoms with Crippen LogP contribution in [0.1, 0.15) is 90.9 Å². The molecule has 0 rings (SSSR count). The van der Waals surface area contributed by atoms with Gasteiger partial charge >= 0.3 is 5.97 Å². The van der Waals surface area contributed by atoms with Crippen LogP contribution in [0.3, 0.4) is 0 Å². The average molecular weight is 318 g/mol. The number of carboxylic acid groups (broad SMARTS) is 1. The first-order valence-electron chi connectivity index (χ1n) is 9.06. The van der Waals surface area contributed by atoms with Gasteiger partial charge in [0.1, 0.15) is 11.5 Å². The second-order valence-corrected chi connectivity index (χ2v) is 8.42. The fourth-order valence-corrected chi connectivity index (χ4v) is 4.66. The Bertz CT molecular complexity index is 215. The maximum atomic E-state index is 11.0. The van der Waals surface area contributed by atoms with Gasteiger partial charge in [0.15, 0.2) is 0 Å². The fourth-order valence-electron chi connectivity index (χ4n) is 2.59. The third kappa shape index (κ3) is 16.0. The molecule has 1 N–H and O–H groups in total. The maximum absolute atomic E-state index is 11.0. The lowest BCUT2D eigenvalue weighted by atomic mass is 10.1. The van der Waals surface area contributed by atoms with Crippen molar-refractivity contribution < 1.29 is 9.90 Å². The first kappa shape index (κ1) is 20.8.